The summed E-state index contributed by atoms with van der Waals surface area (Å²) in [5, 5.41) is 17.3. The van der Waals surface area contributed by atoms with Crippen LogP contribution in [0.4, 0.5) is 5.69 Å². The van der Waals surface area contributed by atoms with Gasteiger partial charge in [0.1, 0.15) is 24.2 Å². The Morgan fingerprint density at radius 3 is 2.59 bits per heavy atom. The maximum Gasteiger partial charge on any atom is 0.221 e. The van der Waals surface area contributed by atoms with Crippen molar-refractivity contribution in [2.24, 2.45) is 0 Å². The maximum absolute atomic E-state index is 11.4. The number of aliphatic hydroxyl groups excluding tert-OH is 1. The fourth-order valence-electron chi connectivity index (χ4n) is 3.73. The van der Waals surface area contributed by atoms with Crippen LogP contribution >= 0.6 is 11.6 Å². The number of hydrogen-bond donors (Lipinski definition) is 3. The molecule has 1 saturated heterocycles. The second-order valence-corrected chi connectivity index (χ2v) is 8.53. The van der Waals surface area contributed by atoms with Crippen LogP contribution in [0.2, 0.25) is 5.02 Å². The Morgan fingerprint density at radius 2 is 1.94 bits per heavy atom. The standard InChI is InChI=1S/C24H32ClN3O4/c1-17(29)27-23-8-7-22(31-2)13-24(23)32-16-21(30)14-26-20-9-11-28(12-10-20)15-18-3-5-19(25)6-4-18/h3-8,13,20-21,26,30H,9-12,14-16H2,1-2H3,(H,27,29). The van der Waals surface area contributed by atoms with Crippen LogP contribution in [-0.2, 0) is 11.3 Å². The van der Waals surface area contributed by atoms with Gasteiger partial charge in [-0.2, -0.15) is 0 Å². The Morgan fingerprint density at radius 1 is 1.22 bits per heavy atom. The van der Waals surface area contributed by atoms with Gasteiger partial charge in [-0.1, -0.05) is 23.7 Å². The smallest absolute Gasteiger partial charge is 0.221 e. The van der Waals surface area contributed by atoms with Gasteiger partial charge in [0.05, 0.1) is 12.8 Å². The van der Waals surface area contributed by atoms with E-state index < -0.39 is 6.10 Å². The average molecular weight is 462 g/mol. The first kappa shape index (κ1) is 24.3. The Hall–Kier alpha value is -2.32. The number of carbonyl (C=O) groups excluding carboxylic acids is 1. The molecule has 1 amide bonds. The fraction of sp³-hybridized carbons (Fsp3) is 0.458. The molecule has 0 bridgehead atoms. The van der Waals surface area contributed by atoms with Crippen LogP contribution in [0, 0.1) is 0 Å². The van der Waals surface area contributed by atoms with Crippen molar-refractivity contribution in [2.75, 3.05) is 38.7 Å². The summed E-state index contributed by atoms with van der Waals surface area (Å²) in [7, 11) is 1.57. The third kappa shape index (κ3) is 7.67. The predicted octanol–water partition coefficient (Wildman–Crippen LogP) is 3.30. The van der Waals surface area contributed by atoms with Gasteiger partial charge in [0.2, 0.25) is 5.91 Å². The molecular formula is C24H32ClN3O4. The molecule has 0 saturated carbocycles. The zero-order valence-corrected chi connectivity index (χ0v) is 19.4. The Labute approximate surface area is 194 Å². The number of halogens is 1. The molecule has 2 aromatic rings. The van der Waals surface area contributed by atoms with Crippen molar-refractivity contribution in [3.05, 3.63) is 53.1 Å². The van der Waals surface area contributed by atoms with Gasteiger partial charge in [0, 0.05) is 37.1 Å². The number of nitrogens with one attached hydrogen (secondary N) is 2. The molecule has 1 atom stereocenters. The zero-order valence-electron chi connectivity index (χ0n) is 18.6. The van der Waals surface area contributed by atoms with Crippen molar-refractivity contribution >= 4 is 23.2 Å². The van der Waals surface area contributed by atoms with E-state index in [0.29, 0.717) is 29.8 Å². The summed E-state index contributed by atoms with van der Waals surface area (Å²) in [6, 6.07) is 13.5. The van der Waals surface area contributed by atoms with Crippen LogP contribution in [0.5, 0.6) is 11.5 Å². The zero-order chi connectivity index (χ0) is 22.9. The minimum atomic E-state index is -0.668. The molecule has 0 aliphatic carbocycles. The molecule has 1 aliphatic heterocycles. The minimum absolute atomic E-state index is 0.113. The highest BCUT2D eigenvalue weighted by Gasteiger charge is 2.20. The predicted molar refractivity (Wildman–Crippen MR) is 127 cm³/mol. The molecule has 7 nitrogen and oxygen atoms in total. The van der Waals surface area contributed by atoms with Gasteiger partial charge in [-0.15, -0.1) is 0 Å². The van der Waals surface area contributed by atoms with E-state index >= 15 is 0 Å². The maximum atomic E-state index is 11.4. The van der Waals surface area contributed by atoms with Crippen LogP contribution in [-0.4, -0.2) is 61.4 Å². The summed E-state index contributed by atoms with van der Waals surface area (Å²) >= 11 is 5.96. The number of aliphatic hydroxyl groups is 1. The normalized spacial score (nSPS) is 15.9. The summed E-state index contributed by atoms with van der Waals surface area (Å²) in [5.41, 5.74) is 1.82. The molecular weight excluding hydrogens is 430 g/mol. The summed E-state index contributed by atoms with van der Waals surface area (Å²) in [6.45, 7) is 4.95. The Kier molecular flexibility index (Phi) is 9.17. The number of hydrogen-bond acceptors (Lipinski definition) is 6. The van der Waals surface area contributed by atoms with E-state index in [1.165, 1.54) is 12.5 Å². The Balaban J connectivity index is 1.40. The Bertz CT molecular complexity index is 870. The molecule has 1 unspecified atom stereocenters. The van der Waals surface area contributed by atoms with Gasteiger partial charge in [-0.05, 0) is 55.8 Å². The van der Waals surface area contributed by atoms with Gasteiger partial charge >= 0.3 is 0 Å². The second-order valence-electron chi connectivity index (χ2n) is 8.09. The van der Waals surface area contributed by atoms with Crippen molar-refractivity contribution in [1.82, 2.24) is 10.2 Å². The van der Waals surface area contributed by atoms with Gasteiger partial charge in [-0.3, -0.25) is 9.69 Å². The van der Waals surface area contributed by atoms with Crippen molar-refractivity contribution < 1.29 is 19.4 Å². The van der Waals surface area contributed by atoms with E-state index in [9.17, 15) is 9.90 Å². The van der Waals surface area contributed by atoms with Crippen molar-refractivity contribution in [1.29, 1.82) is 0 Å². The van der Waals surface area contributed by atoms with Gasteiger partial charge in [0.25, 0.3) is 0 Å². The van der Waals surface area contributed by atoms with Crippen LogP contribution in [0.25, 0.3) is 0 Å². The number of rotatable bonds is 10. The highest BCUT2D eigenvalue weighted by Crippen LogP contribution is 2.29. The van der Waals surface area contributed by atoms with Crippen molar-refractivity contribution in [3.8, 4) is 11.5 Å². The number of likely N-dealkylation sites (tertiary alicyclic amines) is 1. The number of anilines is 1. The number of amides is 1. The van der Waals surface area contributed by atoms with Crippen molar-refractivity contribution in [3.63, 3.8) is 0 Å². The first-order valence-corrected chi connectivity index (χ1v) is 11.3. The number of methoxy groups -OCH3 is 1. The average Bonchev–Trinajstić information content (AvgIpc) is 2.79. The number of benzene rings is 2. The lowest BCUT2D eigenvalue weighted by Crippen LogP contribution is -2.45. The monoisotopic (exact) mass is 461 g/mol. The lowest BCUT2D eigenvalue weighted by atomic mass is 10.0. The number of carbonyl (C=O) groups is 1. The lowest BCUT2D eigenvalue weighted by Gasteiger charge is -2.33. The third-order valence-corrected chi connectivity index (χ3v) is 5.73. The van der Waals surface area contributed by atoms with E-state index in [0.717, 1.165) is 37.5 Å². The quantitative estimate of drug-likeness (QED) is 0.503. The van der Waals surface area contributed by atoms with Gasteiger partial charge in [-0.25, -0.2) is 0 Å². The highest BCUT2D eigenvalue weighted by atomic mass is 35.5. The van der Waals surface area contributed by atoms with Gasteiger partial charge < -0.3 is 25.2 Å². The topological polar surface area (TPSA) is 83.1 Å². The van der Waals surface area contributed by atoms with Crippen molar-refractivity contribution in [2.45, 2.75) is 38.5 Å². The molecule has 0 spiro atoms. The molecule has 1 aliphatic rings. The molecule has 3 rings (SSSR count). The van der Waals surface area contributed by atoms with E-state index in [1.54, 1.807) is 25.3 Å². The van der Waals surface area contributed by atoms with E-state index in [4.69, 9.17) is 21.1 Å². The van der Waals surface area contributed by atoms with Crippen LogP contribution < -0.4 is 20.1 Å². The third-order valence-electron chi connectivity index (χ3n) is 5.48. The lowest BCUT2D eigenvalue weighted by molar-refractivity contribution is -0.114. The van der Waals surface area contributed by atoms with Crippen LogP contribution in [0.3, 0.4) is 0 Å². The van der Waals surface area contributed by atoms with E-state index in [2.05, 4.69) is 27.7 Å². The summed E-state index contributed by atoms with van der Waals surface area (Å²) in [6.07, 6.45) is 1.39. The molecule has 2 aromatic carbocycles. The molecule has 1 fully saturated rings. The molecule has 0 radical (unpaired) electrons. The number of ether oxygens (including phenoxy) is 2. The summed E-state index contributed by atoms with van der Waals surface area (Å²) in [4.78, 5) is 13.8. The van der Waals surface area contributed by atoms with Crippen LogP contribution in [0.15, 0.2) is 42.5 Å². The number of nitrogens with zero attached hydrogens (tertiary/aromatic N) is 1. The molecule has 32 heavy (non-hydrogen) atoms. The molecule has 3 N–H and O–H groups in total. The van der Waals surface area contributed by atoms with E-state index in [-0.39, 0.29) is 12.5 Å². The summed E-state index contributed by atoms with van der Waals surface area (Å²) in [5.74, 6) is 0.894. The minimum Gasteiger partial charge on any atom is -0.497 e. The summed E-state index contributed by atoms with van der Waals surface area (Å²) < 4.78 is 11.0. The largest absolute Gasteiger partial charge is 0.497 e. The first-order chi connectivity index (χ1) is 15.4. The molecule has 1 heterocycles. The molecule has 8 heteroatoms. The first-order valence-electron chi connectivity index (χ1n) is 10.9. The number of piperidine rings is 1. The SMILES string of the molecule is COc1ccc(NC(C)=O)c(OCC(O)CNC2CCN(Cc3ccc(Cl)cc3)CC2)c1. The highest BCUT2D eigenvalue weighted by molar-refractivity contribution is 6.30. The van der Waals surface area contributed by atoms with Gasteiger partial charge in [0.15, 0.2) is 0 Å². The second kappa shape index (κ2) is 12.1. The van der Waals surface area contributed by atoms with E-state index in [1.807, 2.05) is 12.1 Å². The molecule has 174 valence electrons. The van der Waals surface area contributed by atoms with Crippen LogP contribution in [0.1, 0.15) is 25.3 Å². The fourth-order valence-corrected chi connectivity index (χ4v) is 3.86. The molecule has 0 aromatic heterocycles.